The summed E-state index contributed by atoms with van der Waals surface area (Å²) >= 11 is 1.60. The van der Waals surface area contributed by atoms with E-state index in [1.54, 1.807) is 11.3 Å². The molecule has 0 amide bonds. The van der Waals surface area contributed by atoms with Crippen LogP contribution in [0.2, 0.25) is 0 Å². The predicted octanol–water partition coefficient (Wildman–Crippen LogP) is 2.20. The third kappa shape index (κ3) is 4.28. The predicted molar refractivity (Wildman–Crippen MR) is 64.0 cm³/mol. The lowest BCUT2D eigenvalue weighted by atomic mass is 10.0. The van der Waals surface area contributed by atoms with Gasteiger partial charge in [-0.15, -0.1) is 11.3 Å². The molecule has 0 aromatic carbocycles. The van der Waals surface area contributed by atoms with Gasteiger partial charge in [-0.05, 0) is 19.3 Å². The molecule has 1 rings (SSSR count). The van der Waals surface area contributed by atoms with Crippen LogP contribution >= 0.6 is 11.3 Å². The van der Waals surface area contributed by atoms with E-state index in [4.69, 9.17) is 0 Å². The van der Waals surface area contributed by atoms with Gasteiger partial charge in [-0.1, -0.05) is 13.8 Å². The molecule has 3 nitrogen and oxygen atoms in total. The van der Waals surface area contributed by atoms with Gasteiger partial charge in [0.25, 0.3) is 0 Å². The number of hydrogen-bond donors (Lipinski definition) is 2. The van der Waals surface area contributed by atoms with Gasteiger partial charge in [-0.3, -0.25) is 0 Å². The Hall–Kier alpha value is -0.450. The molecular formula is C11H20N2OS. The Morgan fingerprint density at radius 3 is 2.67 bits per heavy atom. The van der Waals surface area contributed by atoms with Crippen molar-refractivity contribution in [3.05, 3.63) is 16.6 Å². The van der Waals surface area contributed by atoms with Crippen LogP contribution in [0.3, 0.4) is 0 Å². The number of nitrogens with one attached hydrogen (secondary N) is 1. The van der Waals surface area contributed by atoms with Crippen molar-refractivity contribution in [3.63, 3.8) is 0 Å². The van der Waals surface area contributed by atoms with Crippen molar-refractivity contribution in [1.29, 1.82) is 0 Å². The standard InChI is InChI=1S/C11H20N2OS/c1-8(2)4-10(5-14)13-9(3)11-6-15-7-12-11/h6-10,13-14H,4-5H2,1-3H3. The summed E-state index contributed by atoms with van der Waals surface area (Å²) in [6.07, 6.45) is 0.991. The summed E-state index contributed by atoms with van der Waals surface area (Å²) < 4.78 is 0. The van der Waals surface area contributed by atoms with E-state index in [9.17, 15) is 5.11 Å². The van der Waals surface area contributed by atoms with Gasteiger partial charge in [0, 0.05) is 17.5 Å². The van der Waals surface area contributed by atoms with Crippen LogP contribution < -0.4 is 5.32 Å². The van der Waals surface area contributed by atoms with E-state index in [2.05, 4.69) is 31.1 Å². The molecule has 1 aromatic heterocycles. The smallest absolute Gasteiger partial charge is 0.0795 e. The highest BCUT2D eigenvalue weighted by molar-refractivity contribution is 7.07. The molecule has 4 heteroatoms. The van der Waals surface area contributed by atoms with Crippen LogP contribution in [0.4, 0.5) is 0 Å². The minimum Gasteiger partial charge on any atom is -0.395 e. The van der Waals surface area contributed by atoms with Gasteiger partial charge >= 0.3 is 0 Å². The van der Waals surface area contributed by atoms with Crippen molar-refractivity contribution in [2.75, 3.05) is 6.61 Å². The number of rotatable bonds is 6. The average molecular weight is 228 g/mol. The number of aliphatic hydroxyl groups excluding tert-OH is 1. The minimum atomic E-state index is 0.168. The molecule has 2 atom stereocenters. The SMILES string of the molecule is CC(C)CC(CO)NC(C)c1cscn1. The molecule has 0 spiro atoms. The first-order chi connectivity index (χ1) is 7.13. The second kappa shape index (κ2) is 6.20. The Morgan fingerprint density at radius 2 is 2.20 bits per heavy atom. The number of aliphatic hydroxyl groups is 1. The zero-order chi connectivity index (χ0) is 11.3. The lowest BCUT2D eigenvalue weighted by Crippen LogP contribution is -2.35. The molecule has 0 bridgehead atoms. The summed E-state index contributed by atoms with van der Waals surface area (Å²) in [6.45, 7) is 6.60. The van der Waals surface area contributed by atoms with Crippen LogP contribution in [0.15, 0.2) is 10.9 Å². The highest BCUT2D eigenvalue weighted by Gasteiger charge is 2.14. The van der Waals surface area contributed by atoms with Gasteiger partial charge in [0.15, 0.2) is 0 Å². The molecule has 2 unspecified atom stereocenters. The van der Waals surface area contributed by atoms with Crippen LogP contribution in [0.5, 0.6) is 0 Å². The molecule has 0 radical (unpaired) electrons. The minimum absolute atomic E-state index is 0.168. The number of aromatic nitrogens is 1. The van der Waals surface area contributed by atoms with Gasteiger partial charge in [-0.25, -0.2) is 4.98 Å². The highest BCUT2D eigenvalue weighted by Crippen LogP contribution is 2.14. The van der Waals surface area contributed by atoms with E-state index < -0.39 is 0 Å². The Labute approximate surface area is 95.6 Å². The fraction of sp³-hybridized carbons (Fsp3) is 0.727. The summed E-state index contributed by atoms with van der Waals surface area (Å²) in [5.41, 5.74) is 2.89. The van der Waals surface area contributed by atoms with Crippen molar-refractivity contribution in [2.45, 2.75) is 39.3 Å². The molecule has 2 N–H and O–H groups in total. The summed E-state index contributed by atoms with van der Waals surface area (Å²) in [4.78, 5) is 4.26. The molecule has 86 valence electrons. The van der Waals surface area contributed by atoms with Crippen molar-refractivity contribution >= 4 is 11.3 Å². The molecule has 0 aliphatic carbocycles. The first kappa shape index (κ1) is 12.6. The van der Waals surface area contributed by atoms with E-state index in [1.165, 1.54) is 0 Å². The molecular weight excluding hydrogens is 208 g/mol. The fourth-order valence-corrected chi connectivity index (χ4v) is 2.29. The molecule has 0 fully saturated rings. The average Bonchev–Trinajstić information content (AvgIpc) is 2.68. The quantitative estimate of drug-likeness (QED) is 0.784. The van der Waals surface area contributed by atoms with Gasteiger partial charge < -0.3 is 10.4 Å². The lowest BCUT2D eigenvalue weighted by Gasteiger charge is -2.22. The van der Waals surface area contributed by atoms with Crippen LogP contribution in [-0.4, -0.2) is 22.7 Å². The third-order valence-corrected chi connectivity index (χ3v) is 2.96. The van der Waals surface area contributed by atoms with Crippen LogP contribution in [0, 0.1) is 5.92 Å². The van der Waals surface area contributed by atoms with Gasteiger partial charge in [0.1, 0.15) is 0 Å². The van der Waals surface area contributed by atoms with Crippen LogP contribution in [0.1, 0.15) is 38.9 Å². The monoisotopic (exact) mass is 228 g/mol. The molecule has 1 heterocycles. The Morgan fingerprint density at radius 1 is 1.47 bits per heavy atom. The summed E-state index contributed by atoms with van der Waals surface area (Å²) in [6, 6.07) is 0.383. The van der Waals surface area contributed by atoms with Crippen molar-refractivity contribution < 1.29 is 5.11 Å². The van der Waals surface area contributed by atoms with Crippen LogP contribution in [0.25, 0.3) is 0 Å². The molecule has 0 aliphatic heterocycles. The molecule has 0 saturated carbocycles. The normalized spacial score (nSPS) is 15.5. The van der Waals surface area contributed by atoms with Crippen LogP contribution in [-0.2, 0) is 0 Å². The topological polar surface area (TPSA) is 45.1 Å². The highest BCUT2D eigenvalue weighted by atomic mass is 32.1. The molecule has 0 saturated heterocycles. The van der Waals surface area contributed by atoms with Gasteiger partial charge in [0.2, 0.25) is 0 Å². The maximum atomic E-state index is 9.24. The number of nitrogens with zero attached hydrogens (tertiary/aromatic N) is 1. The van der Waals surface area contributed by atoms with Crippen molar-refractivity contribution in [3.8, 4) is 0 Å². The summed E-state index contributed by atoms with van der Waals surface area (Å²) in [5, 5.41) is 14.7. The number of hydrogen-bond acceptors (Lipinski definition) is 4. The fourth-order valence-electron chi connectivity index (χ4n) is 1.64. The molecule has 1 aromatic rings. The zero-order valence-corrected chi connectivity index (χ0v) is 10.4. The van der Waals surface area contributed by atoms with E-state index in [1.807, 2.05) is 10.9 Å². The maximum absolute atomic E-state index is 9.24. The Bertz CT molecular complexity index is 262. The first-order valence-electron chi connectivity index (χ1n) is 5.38. The largest absolute Gasteiger partial charge is 0.395 e. The van der Waals surface area contributed by atoms with E-state index in [-0.39, 0.29) is 18.7 Å². The Balaban J connectivity index is 2.44. The zero-order valence-electron chi connectivity index (χ0n) is 9.60. The lowest BCUT2D eigenvalue weighted by molar-refractivity contribution is 0.215. The first-order valence-corrected chi connectivity index (χ1v) is 6.32. The van der Waals surface area contributed by atoms with Crippen molar-refractivity contribution in [1.82, 2.24) is 10.3 Å². The second-order valence-corrected chi connectivity index (χ2v) is 5.03. The van der Waals surface area contributed by atoms with E-state index >= 15 is 0 Å². The molecule has 15 heavy (non-hydrogen) atoms. The van der Waals surface area contributed by atoms with E-state index in [0.717, 1.165) is 12.1 Å². The van der Waals surface area contributed by atoms with Gasteiger partial charge in [0.05, 0.1) is 17.8 Å². The Kier molecular flexibility index (Phi) is 5.22. The maximum Gasteiger partial charge on any atom is 0.0795 e. The van der Waals surface area contributed by atoms with E-state index in [0.29, 0.717) is 5.92 Å². The summed E-state index contributed by atoms with van der Waals surface area (Å²) in [7, 11) is 0. The molecule has 0 aliphatic rings. The number of thiazole rings is 1. The van der Waals surface area contributed by atoms with Crippen molar-refractivity contribution in [2.24, 2.45) is 5.92 Å². The third-order valence-electron chi connectivity index (χ3n) is 2.36. The van der Waals surface area contributed by atoms with Gasteiger partial charge in [-0.2, -0.15) is 0 Å². The second-order valence-electron chi connectivity index (χ2n) is 4.31. The summed E-state index contributed by atoms with van der Waals surface area (Å²) in [5.74, 6) is 0.595.